The molecule has 0 amide bonds. The van der Waals surface area contributed by atoms with Gasteiger partial charge in [0.2, 0.25) is 5.78 Å². The number of hydrogen-bond donors (Lipinski definition) is 1. The molecule has 3 aromatic carbocycles. The maximum Gasteiger partial charge on any atom is 0.338 e. The number of hydrogen-bond acceptors (Lipinski definition) is 6. The summed E-state index contributed by atoms with van der Waals surface area (Å²) < 4.78 is 38.6. The Labute approximate surface area is 187 Å². The molecule has 0 saturated carbocycles. The maximum absolute atomic E-state index is 12.9. The molecule has 0 aliphatic carbocycles. The van der Waals surface area contributed by atoms with Crippen molar-refractivity contribution in [3.05, 3.63) is 89.0 Å². The van der Waals surface area contributed by atoms with E-state index in [0.717, 1.165) is 5.56 Å². The van der Waals surface area contributed by atoms with Crippen molar-refractivity contribution in [3.63, 3.8) is 0 Å². The highest BCUT2D eigenvalue weighted by molar-refractivity contribution is 7.92. The molecular weight excluding hydrogens is 430 g/mol. The van der Waals surface area contributed by atoms with Gasteiger partial charge >= 0.3 is 5.97 Å². The number of rotatable bonds is 8. The number of Topliss-reactive ketones (excluding diaryl/α,β-unsaturated/α-hetero) is 1. The summed E-state index contributed by atoms with van der Waals surface area (Å²) in [4.78, 5) is 24.9. The van der Waals surface area contributed by atoms with Crippen LogP contribution in [0.5, 0.6) is 5.75 Å². The number of para-hydroxylation sites is 1. The third-order valence-corrected chi connectivity index (χ3v) is 6.25. The van der Waals surface area contributed by atoms with Gasteiger partial charge in [0.1, 0.15) is 5.75 Å². The van der Waals surface area contributed by atoms with Crippen LogP contribution in [0.15, 0.2) is 71.6 Å². The molecule has 0 aliphatic heterocycles. The molecule has 0 atom stereocenters. The third kappa shape index (κ3) is 5.33. The Morgan fingerprint density at radius 3 is 2.41 bits per heavy atom. The van der Waals surface area contributed by atoms with Gasteiger partial charge in [0.15, 0.2) is 6.61 Å². The standard InChI is InChI=1S/C24H23NO6S/c1-16-7-6-8-19(13-16)25-32(28,29)23-14-18(12-11-17(23)2)24(27)31-15-21(26)20-9-4-5-10-22(20)30-3/h4-14,25H,15H2,1-3H3. The van der Waals surface area contributed by atoms with Gasteiger partial charge in [0.25, 0.3) is 10.0 Å². The summed E-state index contributed by atoms with van der Waals surface area (Å²) in [5.41, 5.74) is 2.09. The van der Waals surface area contributed by atoms with Crippen molar-refractivity contribution in [3.8, 4) is 5.75 Å². The Hall–Kier alpha value is -3.65. The SMILES string of the molecule is COc1ccccc1C(=O)COC(=O)c1ccc(C)c(S(=O)(=O)Nc2cccc(C)c2)c1. The number of carbonyl (C=O) groups excluding carboxylic acids is 2. The van der Waals surface area contributed by atoms with E-state index in [-0.39, 0.29) is 16.0 Å². The average molecular weight is 454 g/mol. The van der Waals surface area contributed by atoms with Crippen LogP contribution >= 0.6 is 0 Å². The monoisotopic (exact) mass is 453 g/mol. The molecule has 7 nitrogen and oxygen atoms in total. The molecule has 0 heterocycles. The van der Waals surface area contributed by atoms with Crippen LogP contribution in [-0.4, -0.2) is 33.9 Å². The van der Waals surface area contributed by atoms with Crippen LogP contribution in [0, 0.1) is 13.8 Å². The van der Waals surface area contributed by atoms with Gasteiger partial charge in [0, 0.05) is 5.69 Å². The normalized spacial score (nSPS) is 11.0. The van der Waals surface area contributed by atoms with E-state index < -0.39 is 28.4 Å². The molecular formula is C24H23NO6S. The summed E-state index contributed by atoms with van der Waals surface area (Å²) in [5.74, 6) is -0.864. The number of methoxy groups -OCH3 is 1. The van der Waals surface area contributed by atoms with E-state index in [0.29, 0.717) is 17.0 Å². The number of aryl methyl sites for hydroxylation is 2. The Bertz CT molecular complexity index is 1270. The van der Waals surface area contributed by atoms with Crippen LogP contribution in [0.3, 0.4) is 0 Å². The first-order chi connectivity index (χ1) is 15.2. The molecule has 1 N–H and O–H groups in total. The van der Waals surface area contributed by atoms with Gasteiger partial charge in [-0.05, 0) is 61.4 Å². The first-order valence-corrected chi connectivity index (χ1v) is 11.2. The fourth-order valence-electron chi connectivity index (χ4n) is 3.10. The van der Waals surface area contributed by atoms with Crippen molar-refractivity contribution in [1.29, 1.82) is 0 Å². The van der Waals surface area contributed by atoms with E-state index in [2.05, 4.69) is 4.72 Å². The molecule has 0 aromatic heterocycles. The quantitative estimate of drug-likeness (QED) is 0.406. The molecule has 0 fully saturated rings. The second kappa shape index (κ2) is 9.65. The molecule has 32 heavy (non-hydrogen) atoms. The number of ketones is 1. The van der Waals surface area contributed by atoms with Crippen molar-refractivity contribution in [2.75, 3.05) is 18.4 Å². The summed E-state index contributed by atoms with van der Waals surface area (Å²) in [6.45, 7) is 2.98. The summed E-state index contributed by atoms with van der Waals surface area (Å²) in [6, 6.07) is 17.8. The number of benzene rings is 3. The summed E-state index contributed by atoms with van der Waals surface area (Å²) in [7, 11) is -2.50. The number of nitrogens with one attached hydrogen (secondary N) is 1. The molecule has 3 rings (SSSR count). The van der Waals surface area contributed by atoms with Gasteiger partial charge in [-0.2, -0.15) is 0 Å². The van der Waals surface area contributed by atoms with Gasteiger partial charge in [-0.1, -0.05) is 30.3 Å². The summed E-state index contributed by atoms with van der Waals surface area (Å²) in [6.07, 6.45) is 0. The largest absolute Gasteiger partial charge is 0.496 e. The van der Waals surface area contributed by atoms with Gasteiger partial charge in [-0.3, -0.25) is 9.52 Å². The first kappa shape index (κ1) is 23.0. The van der Waals surface area contributed by atoms with E-state index in [1.807, 2.05) is 13.0 Å². The highest BCUT2D eigenvalue weighted by Crippen LogP contribution is 2.22. The lowest BCUT2D eigenvalue weighted by atomic mass is 10.1. The number of anilines is 1. The minimum atomic E-state index is -3.94. The zero-order valence-electron chi connectivity index (χ0n) is 17.9. The van der Waals surface area contributed by atoms with Crippen molar-refractivity contribution >= 4 is 27.5 Å². The fraction of sp³-hybridized carbons (Fsp3) is 0.167. The molecule has 0 spiro atoms. The smallest absolute Gasteiger partial charge is 0.338 e. The summed E-state index contributed by atoms with van der Waals surface area (Å²) in [5, 5.41) is 0. The van der Waals surface area contributed by atoms with Gasteiger partial charge in [-0.25, -0.2) is 13.2 Å². The van der Waals surface area contributed by atoms with Gasteiger partial charge in [0.05, 0.1) is 23.1 Å². The topological polar surface area (TPSA) is 98.8 Å². The van der Waals surface area contributed by atoms with Crippen molar-refractivity contribution in [2.45, 2.75) is 18.7 Å². The molecule has 0 unspecified atom stereocenters. The Morgan fingerprint density at radius 1 is 0.938 bits per heavy atom. The third-order valence-electron chi connectivity index (χ3n) is 4.73. The molecule has 0 radical (unpaired) electrons. The van der Waals surface area contributed by atoms with Crippen LogP contribution in [0.2, 0.25) is 0 Å². The van der Waals surface area contributed by atoms with Crippen LogP contribution in [0.25, 0.3) is 0 Å². The maximum atomic E-state index is 12.9. The number of sulfonamides is 1. The molecule has 166 valence electrons. The number of carbonyl (C=O) groups is 2. The average Bonchev–Trinajstić information content (AvgIpc) is 2.77. The minimum Gasteiger partial charge on any atom is -0.496 e. The van der Waals surface area contributed by atoms with Crippen molar-refractivity contribution < 1.29 is 27.5 Å². The van der Waals surface area contributed by atoms with Gasteiger partial charge in [-0.15, -0.1) is 0 Å². The lowest BCUT2D eigenvalue weighted by molar-refractivity contribution is 0.0473. The zero-order valence-corrected chi connectivity index (χ0v) is 18.7. The highest BCUT2D eigenvalue weighted by Gasteiger charge is 2.21. The zero-order chi connectivity index (χ0) is 23.3. The first-order valence-electron chi connectivity index (χ1n) is 9.75. The second-order valence-electron chi connectivity index (χ2n) is 7.15. The lowest BCUT2D eigenvalue weighted by Gasteiger charge is -2.12. The van der Waals surface area contributed by atoms with Crippen LogP contribution in [-0.2, 0) is 14.8 Å². The van der Waals surface area contributed by atoms with E-state index in [9.17, 15) is 18.0 Å². The lowest BCUT2D eigenvalue weighted by Crippen LogP contribution is -2.17. The van der Waals surface area contributed by atoms with E-state index in [4.69, 9.17) is 9.47 Å². The van der Waals surface area contributed by atoms with Crippen molar-refractivity contribution in [1.82, 2.24) is 0 Å². The Balaban J connectivity index is 1.77. The molecule has 8 heteroatoms. The highest BCUT2D eigenvalue weighted by atomic mass is 32.2. The van der Waals surface area contributed by atoms with E-state index >= 15 is 0 Å². The van der Waals surface area contributed by atoms with Crippen LogP contribution < -0.4 is 9.46 Å². The molecule has 0 aliphatic rings. The van der Waals surface area contributed by atoms with Gasteiger partial charge < -0.3 is 9.47 Å². The second-order valence-corrected chi connectivity index (χ2v) is 8.81. The molecule has 0 saturated heterocycles. The predicted octanol–water partition coefficient (Wildman–Crippen LogP) is 4.15. The number of ether oxygens (including phenoxy) is 2. The Kier molecular flexibility index (Phi) is 6.95. The van der Waals surface area contributed by atoms with E-state index in [1.54, 1.807) is 49.4 Å². The van der Waals surface area contributed by atoms with Crippen molar-refractivity contribution in [2.24, 2.45) is 0 Å². The fourth-order valence-corrected chi connectivity index (χ4v) is 4.42. The Morgan fingerprint density at radius 2 is 1.69 bits per heavy atom. The van der Waals surface area contributed by atoms with E-state index in [1.165, 1.54) is 25.3 Å². The molecule has 3 aromatic rings. The molecule has 0 bridgehead atoms. The minimum absolute atomic E-state index is 0.0213. The summed E-state index contributed by atoms with van der Waals surface area (Å²) >= 11 is 0. The predicted molar refractivity (Wildman–Crippen MR) is 121 cm³/mol. The number of esters is 1. The van der Waals surface area contributed by atoms with Crippen LogP contribution in [0.1, 0.15) is 31.8 Å². The van der Waals surface area contributed by atoms with Crippen LogP contribution in [0.4, 0.5) is 5.69 Å².